The van der Waals surface area contributed by atoms with Crippen molar-refractivity contribution in [2.45, 2.75) is 4.47 Å². The normalized spacial score (nSPS) is 12.0. The van der Waals surface area contributed by atoms with Gasteiger partial charge in [0.25, 0.3) is 0 Å². The summed E-state index contributed by atoms with van der Waals surface area (Å²) >= 11 is 2.02. The van der Waals surface area contributed by atoms with Gasteiger partial charge in [0.15, 0.2) is 5.82 Å². The van der Waals surface area contributed by atoms with Crippen LogP contribution in [0.1, 0.15) is 0 Å². The van der Waals surface area contributed by atoms with Crippen LogP contribution in [0.15, 0.2) is 97.9 Å². The molecule has 1 aliphatic carbocycles. The average molecular weight is 497 g/mol. The first-order chi connectivity index (χ1) is 14.2. The second-order valence-electron chi connectivity index (χ2n) is 6.22. The van der Waals surface area contributed by atoms with Gasteiger partial charge < -0.3 is 4.98 Å². The summed E-state index contributed by atoms with van der Waals surface area (Å²) in [4.78, 5) is 19.6. The minimum Gasteiger partial charge on any atom is -0.343 e. The number of hydrogen-bond donors (Lipinski definition) is 1. The molecule has 0 atom stereocenters. The van der Waals surface area contributed by atoms with Crippen molar-refractivity contribution in [3.8, 4) is 23.0 Å². The smallest absolute Gasteiger partial charge is 0.155 e. The van der Waals surface area contributed by atoms with Crippen molar-refractivity contribution in [1.82, 2.24) is 28.2 Å². The van der Waals surface area contributed by atoms with Crippen LogP contribution in [0.4, 0.5) is 0 Å². The van der Waals surface area contributed by atoms with Crippen LogP contribution in [0.3, 0.4) is 0 Å². The van der Waals surface area contributed by atoms with Gasteiger partial charge in [0.2, 0.25) is 0 Å². The number of imidazole rings is 2. The quantitative estimate of drug-likeness (QED) is 0.433. The molecule has 0 amide bonds. The van der Waals surface area contributed by atoms with E-state index in [1.54, 1.807) is 31.0 Å². The topological polar surface area (TPSA) is 72.3 Å². The second-order valence-corrected chi connectivity index (χ2v) is 10.4. The second kappa shape index (κ2) is 11.5. The maximum Gasteiger partial charge on any atom is 0.155 e. The summed E-state index contributed by atoms with van der Waals surface area (Å²) in [6, 6.07) is 11.6. The van der Waals surface area contributed by atoms with E-state index in [9.17, 15) is 0 Å². The third kappa shape index (κ3) is 6.79. The Labute approximate surface area is 190 Å². The van der Waals surface area contributed by atoms with E-state index in [0.717, 1.165) is 64.9 Å². The van der Waals surface area contributed by atoms with Gasteiger partial charge in [-0.1, -0.05) is 6.07 Å². The molecule has 141 valence electrons. The van der Waals surface area contributed by atoms with Gasteiger partial charge in [-0.3, -0.25) is 4.98 Å². The summed E-state index contributed by atoms with van der Waals surface area (Å²) < 4.78 is 2.94. The molecule has 0 saturated carbocycles. The monoisotopic (exact) mass is 495 g/mol. The van der Waals surface area contributed by atoms with Crippen molar-refractivity contribution in [1.29, 1.82) is 0 Å². The van der Waals surface area contributed by atoms with Crippen molar-refractivity contribution in [3.05, 3.63) is 97.9 Å². The van der Waals surface area contributed by atoms with E-state index < -0.39 is 0 Å². The Balaban J connectivity index is 0.000000131. The molecule has 0 aromatic carbocycles. The van der Waals surface area contributed by atoms with E-state index in [2.05, 4.69) is 52.5 Å². The van der Waals surface area contributed by atoms with E-state index >= 15 is 0 Å². The van der Waals surface area contributed by atoms with E-state index in [0.29, 0.717) is 0 Å². The molecule has 0 bridgehead atoms. The molecular weight excluding hydrogens is 476 g/mol. The van der Waals surface area contributed by atoms with Crippen molar-refractivity contribution >= 4 is 37.4 Å². The average Bonchev–Trinajstić information content (AvgIpc) is 3.54. The van der Waals surface area contributed by atoms with Crippen molar-refractivity contribution in [2.24, 2.45) is 0 Å². The number of allylic oxidation sites excluding steroid dienone is 4. The molecule has 5 rings (SSSR count). The minimum atomic E-state index is 0.811. The summed E-state index contributed by atoms with van der Waals surface area (Å²) in [5, 5.41) is 0. The largest absolute Gasteiger partial charge is 0.343 e. The van der Waals surface area contributed by atoms with E-state index in [4.69, 9.17) is 0 Å². The van der Waals surface area contributed by atoms with E-state index in [1.807, 2.05) is 42.6 Å². The van der Waals surface area contributed by atoms with Crippen LogP contribution >= 0.6 is 0 Å². The van der Waals surface area contributed by atoms with Crippen molar-refractivity contribution < 1.29 is 0 Å². The first-order valence-corrected chi connectivity index (χ1v) is 13.0. The zero-order chi connectivity index (χ0) is 20.3. The number of H-pyrrole nitrogens is 1. The van der Waals surface area contributed by atoms with Gasteiger partial charge >= 0.3 is 128 Å². The van der Waals surface area contributed by atoms with Crippen LogP contribution in [0.25, 0.3) is 23.0 Å². The van der Waals surface area contributed by atoms with Gasteiger partial charge in [0.1, 0.15) is 5.69 Å². The molecule has 0 saturated heterocycles. The number of aromatic nitrogens is 6. The Bertz CT molecular complexity index is 1020. The van der Waals surface area contributed by atoms with E-state index in [-0.39, 0.29) is 0 Å². The van der Waals surface area contributed by atoms with Crippen LogP contribution in [-0.4, -0.2) is 65.6 Å². The maximum atomic E-state index is 4.22. The molecule has 0 spiro atoms. The summed E-state index contributed by atoms with van der Waals surface area (Å²) in [7, 11) is 0. The Hall–Kier alpha value is -2.53. The molecule has 0 fully saturated rings. The first-order valence-electron chi connectivity index (χ1n) is 9.25. The molecule has 1 aliphatic rings. The van der Waals surface area contributed by atoms with Gasteiger partial charge in [-0.15, -0.1) is 0 Å². The maximum absolute atomic E-state index is 4.22. The van der Waals surface area contributed by atoms with Crippen LogP contribution in [0.5, 0.6) is 0 Å². The molecule has 1 N–H and O–H groups in total. The number of hydrogen-bond acceptors (Lipinski definition) is 4. The van der Waals surface area contributed by atoms with Crippen molar-refractivity contribution in [2.75, 3.05) is 0 Å². The zero-order valence-corrected chi connectivity index (χ0v) is 23.4. The molecule has 0 aliphatic heterocycles. The number of nitrogens with one attached hydrogen (secondary N) is 1. The molecule has 4 aromatic rings. The Morgan fingerprint density at radius 3 is 1.97 bits per heavy atom. The molecule has 1 radical (unpaired) electrons. The van der Waals surface area contributed by atoms with E-state index in [1.165, 1.54) is 0 Å². The predicted molar refractivity (Wildman–Crippen MR) is 120 cm³/mol. The molecular formula is C21H21Ga2N6. The SMILES string of the molecule is [GaH2][CH]1C=CC=C1.[GaH][n]1ccnc1-c1ccccn1.c1ccc(-c2ncc[nH]2)nc1. The number of aromatic amines is 1. The summed E-state index contributed by atoms with van der Waals surface area (Å²) in [5.74, 6) is 1.76. The van der Waals surface area contributed by atoms with Gasteiger partial charge in [-0.25, -0.2) is 4.98 Å². The van der Waals surface area contributed by atoms with Gasteiger partial charge in [0, 0.05) is 18.6 Å². The third-order valence-electron chi connectivity index (χ3n) is 3.96. The van der Waals surface area contributed by atoms with Gasteiger partial charge in [0.05, 0.1) is 0 Å². The zero-order valence-electron chi connectivity index (χ0n) is 16.3. The molecule has 6 nitrogen and oxygen atoms in total. The van der Waals surface area contributed by atoms with Gasteiger partial charge in [-0.2, -0.15) is 0 Å². The molecule has 8 heteroatoms. The number of rotatable bonds is 2. The fourth-order valence-electron chi connectivity index (χ4n) is 2.49. The first kappa shape index (κ1) is 21.2. The Kier molecular flexibility index (Phi) is 8.38. The van der Waals surface area contributed by atoms with Crippen LogP contribution in [0, 0.1) is 0 Å². The molecule has 0 unspecified atom stereocenters. The number of pyridine rings is 2. The fraction of sp³-hybridized carbons (Fsp3) is 0.0476. The summed E-state index contributed by atoms with van der Waals surface area (Å²) in [6.07, 6.45) is 19.5. The fourth-order valence-corrected chi connectivity index (χ4v) is 4.13. The predicted octanol–water partition coefficient (Wildman–Crippen LogP) is 2.61. The third-order valence-corrected chi connectivity index (χ3v) is 6.64. The standard InChI is InChI=1S/C8H7N3.C8H6N3.C5H5.2Ga.3H/c2*1-2-4-9-7(3-1)8-10-5-6-11-8;1-2-4-5-3-1;;;;;/h1-6H,(H,10,11);1-6H;1-5H;;;;;/q;-1;;;+1;;;. The summed E-state index contributed by atoms with van der Waals surface area (Å²) in [5.41, 5.74) is 1.81. The molecule has 29 heavy (non-hydrogen) atoms. The van der Waals surface area contributed by atoms with Crippen LogP contribution < -0.4 is 0 Å². The summed E-state index contributed by atoms with van der Waals surface area (Å²) in [6.45, 7) is 0. The van der Waals surface area contributed by atoms with Crippen LogP contribution in [-0.2, 0) is 0 Å². The van der Waals surface area contributed by atoms with Gasteiger partial charge in [-0.05, 0) is 12.1 Å². The minimum absolute atomic E-state index is 0.811. The van der Waals surface area contributed by atoms with Crippen molar-refractivity contribution in [3.63, 3.8) is 0 Å². The Morgan fingerprint density at radius 1 is 0.828 bits per heavy atom. The van der Waals surface area contributed by atoms with Crippen LogP contribution in [0.2, 0.25) is 4.47 Å². The Morgan fingerprint density at radius 2 is 1.52 bits per heavy atom. The molecule has 4 aromatic heterocycles. The number of nitrogens with zero attached hydrogens (tertiary/aromatic N) is 5. The molecule has 4 heterocycles.